The fourth-order valence-electron chi connectivity index (χ4n) is 4.79. The summed E-state index contributed by atoms with van der Waals surface area (Å²) in [7, 11) is 2.45. The van der Waals surface area contributed by atoms with Crippen LogP contribution >= 0.6 is 9.39 Å². The molecule has 5 nitrogen and oxygen atoms in total. The average molecular weight is 421 g/mol. The third-order valence-corrected chi connectivity index (χ3v) is 7.49. The Morgan fingerprint density at radius 1 is 1.28 bits per heavy atom. The third kappa shape index (κ3) is 5.06. The summed E-state index contributed by atoms with van der Waals surface area (Å²) in [5.41, 5.74) is -0.595. The second-order valence-corrected chi connectivity index (χ2v) is 9.30. The maximum atomic E-state index is 13.3. The van der Waals surface area contributed by atoms with Crippen molar-refractivity contribution in [3.63, 3.8) is 0 Å². The lowest BCUT2D eigenvalue weighted by Gasteiger charge is -2.30. The number of hydrogen-bond donors (Lipinski definition) is 1. The van der Waals surface area contributed by atoms with Crippen LogP contribution in [0.4, 0.5) is 0 Å². The summed E-state index contributed by atoms with van der Waals surface area (Å²) >= 11 is 0. The number of carbonyl (C=O) groups is 3. The maximum absolute atomic E-state index is 13.3. The number of carbonyl (C=O) groups excluding carboxylic acids is 3. The molecule has 162 valence electrons. The molecule has 1 saturated carbocycles. The Kier molecular flexibility index (Phi) is 8.37. The molecule has 2 rings (SSSR count). The van der Waals surface area contributed by atoms with Gasteiger partial charge >= 0.3 is 0 Å². The number of allylic oxidation sites excluding steroid dienone is 2. The smallest absolute Gasteiger partial charge is 0.240 e. The molecule has 0 spiro atoms. The molecule has 0 aromatic carbocycles. The summed E-state index contributed by atoms with van der Waals surface area (Å²) in [5, 5.41) is 3.06. The van der Waals surface area contributed by atoms with Crippen molar-refractivity contribution in [2.45, 2.75) is 71.4 Å². The Bertz CT molecular complexity index is 665. The van der Waals surface area contributed by atoms with Gasteiger partial charge in [0.25, 0.3) is 0 Å². The van der Waals surface area contributed by atoms with Gasteiger partial charge in [0.2, 0.25) is 5.91 Å². The van der Waals surface area contributed by atoms with Crippen molar-refractivity contribution in [2.24, 2.45) is 23.2 Å². The van der Waals surface area contributed by atoms with Crippen molar-refractivity contribution >= 4 is 26.9 Å². The molecule has 2 aliphatic rings. The fraction of sp³-hybridized carbons (Fsp3) is 0.696. The number of ketones is 2. The van der Waals surface area contributed by atoms with Crippen LogP contribution in [0.1, 0.15) is 59.3 Å². The van der Waals surface area contributed by atoms with Gasteiger partial charge in [-0.05, 0) is 50.4 Å². The maximum Gasteiger partial charge on any atom is 0.240 e. The molecular formula is C23H37N2O3P. The molecule has 0 aromatic heterocycles. The minimum absolute atomic E-state index is 0.0129. The summed E-state index contributed by atoms with van der Waals surface area (Å²) in [4.78, 5) is 40.6. The summed E-state index contributed by atoms with van der Waals surface area (Å²) in [6, 6.07) is -0.768. The molecule has 6 heteroatoms. The van der Waals surface area contributed by atoms with Crippen LogP contribution in [0.5, 0.6) is 0 Å². The SMILES string of the molecule is C=CCCCC[C@H](NP)C(=O)N1C[C@H](C)C(C)[C@H]1C(=O)C[C@]1(C(C)=O)C[C@H]1C=C. The molecule has 0 radical (unpaired) electrons. The van der Waals surface area contributed by atoms with Crippen LogP contribution in [0, 0.1) is 23.2 Å². The van der Waals surface area contributed by atoms with Crippen LogP contribution in [0.2, 0.25) is 0 Å². The van der Waals surface area contributed by atoms with E-state index in [4.69, 9.17) is 0 Å². The number of hydrogen-bond acceptors (Lipinski definition) is 4. The van der Waals surface area contributed by atoms with Crippen LogP contribution < -0.4 is 5.09 Å². The second kappa shape index (κ2) is 10.1. The highest BCUT2D eigenvalue weighted by atomic mass is 31.0. The summed E-state index contributed by atoms with van der Waals surface area (Å²) in [5.74, 6) is 0.474. The molecule has 0 bridgehead atoms. The predicted octanol–water partition coefficient (Wildman–Crippen LogP) is 3.70. The summed E-state index contributed by atoms with van der Waals surface area (Å²) in [6.45, 7) is 13.8. The van der Waals surface area contributed by atoms with Gasteiger partial charge in [-0.3, -0.25) is 19.5 Å². The monoisotopic (exact) mass is 420 g/mol. The Hall–Kier alpha value is -1.32. The Labute approximate surface area is 178 Å². The van der Waals surface area contributed by atoms with Gasteiger partial charge in [-0.1, -0.05) is 41.8 Å². The number of nitrogens with zero attached hydrogens (tertiary/aromatic N) is 1. The lowest BCUT2D eigenvalue weighted by atomic mass is 9.84. The Morgan fingerprint density at radius 2 is 1.97 bits per heavy atom. The van der Waals surface area contributed by atoms with E-state index >= 15 is 0 Å². The number of amides is 1. The van der Waals surface area contributed by atoms with Crippen molar-refractivity contribution in [3.05, 3.63) is 25.3 Å². The zero-order valence-electron chi connectivity index (χ0n) is 18.2. The molecule has 1 amide bonds. The molecular weight excluding hydrogens is 383 g/mol. The summed E-state index contributed by atoms with van der Waals surface area (Å²) in [6.07, 6.45) is 8.18. The van der Waals surface area contributed by atoms with E-state index in [9.17, 15) is 14.4 Å². The first kappa shape index (κ1) is 24.0. The number of likely N-dealkylation sites (tertiary alicyclic amines) is 1. The predicted molar refractivity (Wildman–Crippen MR) is 120 cm³/mol. The number of rotatable bonds is 12. The first-order valence-corrected chi connectivity index (χ1v) is 11.3. The highest BCUT2D eigenvalue weighted by Gasteiger charge is 2.58. The van der Waals surface area contributed by atoms with Crippen molar-refractivity contribution < 1.29 is 14.4 Å². The van der Waals surface area contributed by atoms with E-state index in [1.807, 2.05) is 13.0 Å². The fourth-order valence-corrected chi connectivity index (χ4v) is 5.09. The van der Waals surface area contributed by atoms with Gasteiger partial charge in [-0.2, -0.15) is 0 Å². The zero-order valence-corrected chi connectivity index (χ0v) is 19.3. The first-order chi connectivity index (χ1) is 13.7. The third-order valence-electron chi connectivity index (χ3n) is 7.09. The van der Waals surface area contributed by atoms with Gasteiger partial charge in [0, 0.05) is 18.4 Å². The highest BCUT2D eigenvalue weighted by Crippen LogP contribution is 2.57. The van der Waals surface area contributed by atoms with E-state index in [0.717, 1.165) is 25.7 Å². The molecule has 1 aliphatic heterocycles. The van der Waals surface area contributed by atoms with Crippen molar-refractivity contribution in [2.75, 3.05) is 6.54 Å². The van der Waals surface area contributed by atoms with Gasteiger partial charge in [-0.15, -0.1) is 13.2 Å². The van der Waals surface area contributed by atoms with Crippen LogP contribution in [-0.4, -0.2) is 41.0 Å². The normalized spacial score (nSPS) is 31.9. The standard InChI is InChI=1S/C23H37N2O3P/c1-6-8-9-10-11-19(24-29)22(28)25-14-15(3)16(4)21(25)20(27)13-23(17(5)26)12-18(23)7-2/h6-7,15-16,18-19,21,24H,1-2,8-14,29H2,3-5H3/t15-,16?,18+,19-,21-,23-/m0/s1. The van der Waals surface area contributed by atoms with E-state index in [0.29, 0.717) is 13.0 Å². The van der Waals surface area contributed by atoms with E-state index in [1.165, 1.54) is 0 Å². The van der Waals surface area contributed by atoms with Crippen molar-refractivity contribution in [1.29, 1.82) is 0 Å². The van der Waals surface area contributed by atoms with E-state index in [2.05, 4.69) is 34.6 Å². The molecule has 2 unspecified atom stereocenters. The molecule has 1 N–H and O–H groups in total. The first-order valence-electron chi connectivity index (χ1n) is 10.8. The lowest BCUT2D eigenvalue weighted by molar-refractivity contribution is -0.141. The van der Waals surface area contributed by atoms with Gasteiger partial charge in [0.1, 0.15) is 5.78 Å². The quantitative estimate of drug-likeness (QED) is 0.297. The minimum atomic E-state index is -0.595. The largest absolute Gasteiger partial charge is 0.331 e. The summed E-state index contributed by atoms with van der Waals surface area (Å²) < 4.78 is 0. The van der Waals surface area contributed by atoms with Gasteiger partial charge in [0.15, 0.2) is 5.78 Å². The minimum Gasteiger partial charge on any atom is -0.331 e. The van der Waals surface area contributed by atoms with Gasteiger partial charge in [-0.25, -0.2) is 0 Å². The van der Waals surface area contributed by atoms with Crippen LogP contribution in [0.15, 0.2) is 25.3 Å². The average Bonchev–Trinajstić information content (AvgIpc) is 3.32. The topological polar surface area (TPSA) is 66.5 Å². The number of Topliss-reactive ketones (excluding diaryl/α,β-unsaturated/α-hetero) is 2. The number of nitrogens with one attached hydrogen (secondary N) is 1. The molecule has 29 heavy (non-hydrogen) atoms. The van der Waals surface area contributed by atoms with Crippen molar-refractivity contribution in [3.8, 4) is 0 Å². The lowest BCUT2D eigenvalue weighted by Crippen LogP contribution is -2.50. The van der Waals surface area contributed by atoms with E-state index < -0.39 is 11.5 Å². The zero-order chi connectivity index (χ0) is 21.8. The van der Waals surface area contributed by atoms with Crippen molar-refractivity contribution in [1.82, 2.24) is 9.99 Å². The van der Waals surface area contributed by atoms with E-state index in [1.54, 1.807) is 17.9 Å². The van der Waals surface area contributed by atoms with Gasteiger partial charge in [0.05, 0.1) is 12.1 Å². The van der Waals surface area contributed by atoms with Gasteiger partial charge < -0.3 is 4.90 Å². The van der Waals surface area contributed by atoms with Crippen LogP contribution in [0.25, 0.3) is 0 Å². The van der Waals surface area contributed by atoms with Crippen LogP contribution in [-0.2, 0) is 14.4 Å². The molecule has 1 heterocycles. The Balaban J connectivity index is 2.13. The number of unbranched alkanes of at least 4 members (excludes halogenated alkanes) is 2. The molecule has 1 saturated heterocycles. The van der Waals surface area contributed by atoms with Crippen LogP contribution in [0.3, 0.4) is 0 Å². The second-order valence-electron chi connectivity index (χ2n) is 8.97. The molecule has 2 fully saturated rings. The molecule has 0 aromatic rings. The highest BCUT2D eigenvalue weighted by molar-refractivity contribution is 7.13. The molecule has 7 atom stereocenters. The Morgan fingerprint density at radius 3 is 2.48 bits per heavy atom. The molecule has 1 aliphatic carbocycles. The van der Waals surface area contributed by atoms with E-state index in [-0.39, 0.29) is 47.7 Å².